The van der Waals surface area contributed by atoms with Gasteiger partial charge in [-0.3, -0.25) is 14.4 Å². The number of alkyl carbamates (subject to hydrolysis) is 1. The second kappa shape index (κ2) is 10.9. The summed E-state index contributed by atoms with van der Waals surface area (Å²) < 4.78 is 5.34. The number of hydrogen-bond donors (Lipinski definition) is 4. The average Bonchev–Trinajstić information content (AvgIpc) is 3.11. The summed E-state index contributed by atoms with van der Waals surface area (Å²) in [6.07, 6.45) is -0.463. The van der Waals surface area contributed by atoms with Crippen LogP contribution in [0.2, 0.25) is 0 Å². The maximum atomic E-state index is 12.1. The van der Waals surface area contributed by atoms with E-state index in [9.17, 15) is 19.2 Å². The molecule has 0 fully saturated rings. The van der Waals surface area contributed by atoms with Crippen molar-refractivity contribution in [2.75, 3.05) is 26.2 Å². The van der Waals surface area contributed by atoms with Crippen LogP contribution in [0.1, 0.15) is 29.9 Å². The number of carbonyl (C=O) groups is 4. The van der Waals surface area contributed by atoms with Gasteiger partial charge in [-0.05, 0) is 28.7 Å². The van der Waals surface area contributed by atoms with Crippen molar-refractivity contribution < 1.29 is 29.0 Å². The molecule has 0 radical (unpaired) electrons. The van der Waals surface area contributed by atoms with Crippen LogP contribution in [0.15, 0.2) is 48.5 Å². The molecule has 2 aromatic rings. The lowest BCUT2D eigenvalue weighted by molar-refractivity contribution is -0.137. The predicted molar refractivity (Wildman–Crippen MR) is 116 cm³/mol. The molecule has 0 aliphatic heterocycles. The Labute approximate surface area is 185 Å². The van der Waals surface area contributed by atoms with E-state index in [1.807, 2.05) is 48.5 Å². The van der Waals surface area contributed by atoms with Crippen LogP contribution in [0.5, 0.6) is 0 Å². The fourth-order valence-electron chi connectivity index (χ4n) is 3.57. The first kappa shape index (κ1) is 22.8. The van der Waals surface area contributed by atoms with Crippen LogP contribution in [0, 0.1) is 0 Å². The molecule has 2 aromatic carbocycles. The number of aliphatic carboxylic acids is 1. The molecule has 0 spiro atoms. The minimum absolute atomic E-state index is 0.0449. The lowest BCUT2D eigenvalue weighted by Gasteiger charge is -2.14. The number of carboxylic acids is 1. The van der Waals surface area contributed by atoms with Gasteiger partial charge in [-0.2, -0.15) is 0 Å². The van der Waals surface area contributed by atoms with Crippen LogP contribution in [0.3, 0.4) is 0 Å². The maximum absolute atomic E-state index is 12.1. The second-order valence-corrected chi connectivity index (χ2v) is 7.30. The number of carbonyl (C=O) groups excluding carboxylic acids is 3. The first-order valence-corrected chi connectivity index (χ1v) is 10.3. The minimum atomic E-state index is -0.938. The van der Waals surface area contributed by atoms with Crippen LogP contribution < -0.4 is 16.0 Å². The van der Waals surface area contributed by atoms with Gasteiger partial charge in [0.1, 0.15) is 13.2 Å². The molecule has 0 unspecified atom stereocenters. The number of fused-ring (bicyclic) bond motifs is 3. The SMILES string of the molecule is O=C(O)CCCNC(=O)CNC(=O)CNC(=O)OCC1c2ccccc2-c2ccccc21. The molecule has 3 amide bonds. The van der Waals surface area contributed by atoms with Gasteiger partial charge in [-0.15, -0.1) is 0 Å². The number of rotatable bonds is 10. The summed E-state index contributed by atoms with van der Waals surface area (Å²) in [5, 5.41) is 15.8. The Morgan fingerprint density at radius 2 is 1.38 bits per heavy atom. The van der Waals surface area contributed by atoms with Gasteiger partial charge in [0, 0.05) is 18.9 Å². The Balaban J connectivity index is 1.38. The standard InChI is InChI=1S/C23H25N3O6/c27-20(24-11-5-10-22(29)30)12-25-21(28)13-26-23(31)32-14-19-17-8-3-1-6-15(17)16-7-2-4-9-18(16)19/h1-4,6-9,19H,5,10-14H2,(H,24,27)(H,25,28)(H,26,31)(H,29,30). The molecule has 0 saturated heterocycles. The molecule has 0 saturated carbocycles. The van der Waals surface area contributed by atoms with Gasteiger partial charge in [-0.1, -0.05) is 48.5 Å². The zero-order valence-electron chi connectivity index (χ0n) is 17.4. The zero-order valence-corrected chi connectivity index (χ0v) is 17.4. The zero-order chi connectivity index (χ0) is 22.9. The van der Waals surface area contributed by atoms with Crippen LogP contribution in [-0.2, 0) is 19.1 Å². The van der Waals surface area contributed by atoms with Gasteiger partial charge < -0.3 is 25.8 Å². The highest BCUT2D eigenvalue weighted by Gasteiger charge is 2.29. The molecule has 9 heteroatoms. The van der Waals surface area contributed by atoms with Gasteiger partial charge in [0.25, 0.3) is 0 Å². The normalized spacial score (nSPS) is 11.8. The first-order valence-electron chi connectivity index (χ1n) is 10.3. The van der Waals surface area contributed by atoms with Crippen LogP contribution in [-0.4, -0.2) is 55.2 Å². The van der Waals surface area contributed by atoms with Crippen LogP contribution in [0.4, 0.5) is 4.79 Å². The first-order chi connectivity index (χ1) is 15.5. The summed E-state index contributed by atoms with van der Waals surface area (Å²) in [4.78, 5) is 45.9. The van der Waals surface area contributed by atoms with Crippen molar-refractivity contribution in [2.24, 2.45) is 0 Å². The van der Waals surface area contributed by atoms with E-state index in [0.29, 0.717) is 6.42 Å². The van der Waals surface area contributed by atoms with Crippen molar-refractivity contribution >= 4 is 23.9 Å². The fourth-order valence-corrected chi connectivity index (χ4v) is 3.57. The third kappa shape index (κ3) is 6.07. The summed E-state index contributed by atoms with van der Waals surface area (Å²) in [7, 11) is 0. The van der Waals surface area contributed by atoms with E-state index in [-0.39, 0.29) is 38.6 Å². The Hall–Kier alpha value is -3.88. The molecule has 0 atom stereocenters. The third-order valence-electron chi connectivity index (χ3n) is 5.07. The molecule has 3 rings (SSSR count). The number of ether oxygens (including phenoxy) is 1. The second-order valence-electron chi connectivity index (χ2n) is 7.30. The Kier molecular flexibility index (Phi) is 7.80. The van der Waals surface area contributed by atoms with E-state index in [2.05, 4.69) is 16.0 Å². The Morgan fingerprint density at radius 1 is 0.812 bits per heavy atom. The summed E-state index contributed by atoms with van der Waals surface area (Å²) in [5.41, 5.74) is 4.43. The fraction of sp³-hybridized carbons (Fsp3) is 0.304. The van der Waals surface area contributed by atoms with Gasteiger partial charge >= 0.3 is 12.1 Å². The minimum Gasteiger partial charge on any atom is -0.481 e. The number of benzene rings is 2. The van der Waals surface area contributed by atoms with Crippen molar-refractivity contribution in [3.63, 3.8) is 0 Å². The number of carboxylic acid groups (broad SMARTS) is 1. The molecule has 0 aromatic heterocycles. The van der Waals surface area contributed by atoms with E-state index < -0.39 is 23.9 Å². The monoisotopic (exact) mass is 439 g/mol. The van der Waals surface area contributed by atoms with Gasteiger partial charge in [-0.25, -0.2) is 4.79 Å². The van der Waals surface area contributed by atoms with Crippen molar-refractivity contribution in [3.8, 4) is 11.1 Å². The number of nitrogens with one attached hydrogen (secondary N) is 3. The average molecular weight is 439 g/mol. The molecule has 9 nitrogen and oxygen atoms in total. The highest BCUT2D eigenvalue weighted by atomic mass is 16.5. The molecule has 32 heavy (non-hydrogen) atoms. The smallest absolute Gasteiger partial charge is 0.407 e. The molecule has 0 bridgehead atoms. The van der Waals surface area contributed by atoms with Gasteiger partial charge in [0.2, 0.25) is 11.8 Å². The van der Waals surface area contributed by atoms with Crippen molar-refractivity contribution in [1.82, 2.24) is 16.0 Å². The Bertz CT molecular complexity index is 961. The quantitative estimate of drug-likeness (QED) is 0.416. The van der Waals surface area contributed by atoms with Gasteiger partial charge in [0.05, 0.1) is 6.54 Å². The molecular weight excluding hydrogens is 414 g/mol. The molecular formula is C23H25N3O6. The molecule has 4 N–H and O–H groups in total. The van der Waals surface area contributed by atoms with Gasteiger partial charge in [0.15, 0.2) is 0 Å². The third-order valence-corrected chi connectivity index (χ3v) is 5.07. The molecule has 1 aliphatic rings. The van der Waals surface area contributed by atoms with E-state index >= 15 is 0 Å². The molecule has 168 valence electrons. The van der Waals surface area contributed by atoms with Crippen molar-refractivity contribution in [1.29, 1.82) is 0 Å². The number of hydrogen-bond acceptors (Lipinski definition) is 5. The molecule has 0 heterocycles. The lowest BCUT2D eigenvalue weighted by Crippen LogP contribution is -2.42. The highest BCUT2D eigenvalue weighted by molar-refractivity contribution is 5.87. The van der Waals surface area contributed by atoms with E-state index in [1.54, 1.807) is 0 Å². The van der Waals surface area contributed by atoms with E-state index in [0.717, 1.165) is 22.3 Å². The topological polar surface area (TPSA) is 134 Å². The Morgan fingerprint density at radius 3 is 2.00 bits per heavy atom. The lowest BCUT2D eigenvalue weighted by atomic mass is 9.98. The van der Waals surface area contributed by atoms with Crippen LogP contribution in [0.25, 0.3) is 11.1 Å². The number of amides is 3. The molecule has 1 aliphatic carbocycles. The van der Waals surface area contributed by atoms with Crippen molar-refractivity contribution in [2.45, 2.75) is 18.8 Å². The largest absolute Gasteiger partial charge is 0.481 e. The summed E-state index contributed by atoms with van der Waals surface area (Å²) in [5.74, 6) is -2.00. The summed E-state index contributed by atoms with van der Waals surface area (Å²) in [6, 6.07) is 16.0. The van der Waals surface area contributed by atoms with Crippen molar-refractivity contribution in [3.05, 3.63) is 59.7 Å². The van der Waals surface area contributed by atoms with E-state index in [1.165, 1.54) is 0 Å². The van der Waals surface area contributed by atoms with Crippen LogP contribution >= 0.6 is 0 Å². The summed E-state index contributed by atoms with van der Waals surface area (Å²) >= 11 is 0. The van der Waals surface area contributed by atoms with E-state index in [4.69, 9.17) is 9.84 Å². The summed E-state index contributed by atoms with van der Waals surface area (Å²) in [6.45, 7) is -0.250. The maximum Gasteiger partial charge on any atom is 0.407 e. The predicted octanol–water partition coefficient (Wildman–Crippen LogP) is 1.62. The highest BCUT2D eigenvalue weighted by Crippen LogP contribution is 2.44.